The number of aliphatic hydroxyl groups excluding tert-OH is 1. The van der Waals surface area contributed by atoms with E-state index in [1.54, 1.807) is 0 Å². The molecule has 3 heteroatoms. The van der Waals surface area contributed by atoms with E-state index in [9.17, 15) is 9.90 Å². The molecule has 0 fully saturated rings. The molecule has 1 amide bonds. The molecule has 3 nitrogen and oxygen atoms in total. The SMILES string of the molecule is CCCCCC/C=C/C=C/CCCCCCCC(=O)N[C@@H](CO)CCCCCCCCCCCCCCCC. The largest absolute Gasteiger partial charge is 0.394 e. The fourth-order valence-corrected chi connectivity index (χ4v) is 5.21. The molecule has 0 saturated heterocycles. The highest BCUT2D eigenvalue weighted by molar-refractivity contribution is 5.76. The summed E-state index contributed by atoms with van der Waals surface area (Å²) in [6, 6.07) is -0.0630. The molecule has 0 saturated carbocycles. The van der Waals surface area contributed by atoms with Crippen molar-refractivity contribution in [1.29, 1.82) is 0 Å². The molecule has 2 N–H and O–H groups in total. The highest BCUT2D eigenvalue weighted by Crippen LogP contribution is 2.14. The van der Waals surface area contributed by atoms with Gasteiger partial charge in [-0.25, -0.2) is 0 Å². The number of unbranched alkanes of at least 4 members (excludes halogenated alkanes) is 22. The van der Waals surface area contributed by atoms with Crippen molar-refractivity contribution in [3.05, 3.63) is 24.3 Å². The average molecular weight is 548 g/mol. The molecule has 0 unspecified atom stereocenters. The highest BCUT2D eigenvalue weighted by Gasteiger charge is 2.10. The van der Waals surface area contributed by atoms with Crippen molar-refractivity contribution in [2.75, 3.05) is 6.61 Å². The zero-order valence-corrected chi connectivity index (χ0v) is 26.5. The Balaban J connectivity index is 3.48. The van der Waals surface area contributed by atoms with Gasteiger partial charge in [0.15, 0.2) is 0 Å². The smallest absolute Gasteiger partial charge is 0.220 e. The van der Waals surface area contributed by atoms with E-state index in [2.05, 4.69) is 43.5 Å². The van der Waals surface area contributed by atoms with Crippen LogP contribution in [0.1, 0.15) is 187 Å². The van der Waals surface area contributed by atoms with Crippen molar-refractivity contribution < 1.29 is 9.90 Å². The van der Waals surface area contributed by atoms with Crippen LogP contribution in [0.5, 0.6) is 0 Å². The number of hydrogen-bond acceptors (Lipinski definition) is 2. The monoisotopic (exact) mass is 548 g/mol. The summed E-state index contributed by atoms with van der Waals surface area (Å²) >= 11 is 0. The quantitative estimate of drug-likeness (QED) is 0.0669. The van der Waals surface area contributed by atoms with E-state index in [0.29, 0.717) is 6.42 Å². The first-order valence-electron chi connectivity index (χ1n) is 17.5. The second-order valence-corrected chi connectivity index (χ2v) is 11.8. The molecule has 230 valence electrons. The topological polar surface area (TPSA) is 49.3 Å². The minimum Gasteiger partial charge on any atom is -0.394 e. The molecule has 1 atom stereocenters. The van der Waals surface area contributed by atoms with Gasteiger partial charge < -0.3 is 10.4 Å². The lowest BCUT2D eigenvalue weighted by atomic mass is 10.0. The van der Waals surface area contributed by atoms with E-state index >= 15 is 0 Å². The first-order valence-corrected chi connectivity index (χ1v) is 17.5. The molecule has 0 aromatic rings. The summed E-state index contributed by atoms with van der Waals surface area (Å²) in [6.07, 6.45) is 42.9. The van der Waals surface area contributed by atoms with Crippen molar-refractivity contribution >= 4 is 5.91 Å². The standard InChI is InChI=1S/C36H69NO2/c1-3-5-7-9-11-13-15-17-19-21-23-25-27-29-31-33-36(39)37-35(34-38)32-30-28-26-24-22-20-18-16-14-12-10-8-6-4-2/h13,15,17,19,35,38H,3-12,14,16,18,20-34H2,1-2H3,(H,37,39)/b15-13+,19-17+/t35-/m1/s1. The van der Waals surface area contributed by atoms with Gasteiger partial charge in [-0.3, -0.25) is 4.79 Å². The maximum Gasteiger partial charge on any atom is 0.220 e. The van der Waals surface area contributed by atoms with E-state index in [1.165, 1.54) is 135 Å². The molecule has 0 bridgehead atoms. The Hall–Kier alpha value is -1.09. The number of rotatable bonds is 31. The Morgan fingerprint density at radius 2 is 0.949 bits per heavy atom. The molecule has 0 aliphatic rings. The number of allylic oxidation sites excluding steroid dienone is 4. The number of aliphatic hydroxyl groups is 1. The second-order valence-electron chi connectivity index (χ2n) is 11.8. The first kappa shape index (κ1) is 37.9. The van der Waals surface area contributed by atoms with E-state index in [0.717, 1.165) is 32.1 Å². The van der Waals surface area contributed by atoms with Crippen LogP contribution in [0.25, 0.3) is 0 Å². The zero-order chi connectivity index (χ0) is 28.5. The van der Waals surface area contributed by atoms with Crippen molar-refractivity contribution in [3.63, 3.8) is 0 Å². The molecule has 0 heterocycles. The van der Waals surface area contributed by atoms with Crippen molar-refractivity contribution in [2.24, 2.45) is 0 Å². The Kier molecular flexibility index (Phi) is 32.2. The number of carbonyl (C=O) groups is 1. The van der Waals surface area contributed by atoms with Gasteiger partial charge in [0.1, 0.15) is 0 Å². The van der Waals surface area contributed by atoms with Crippen LogP contribution in [0, 0.1) is 0 Å². The van der Waals surface area contributed by atoms with Crippen LogP contribution in [0.4, 0.5) is 0 Å². The van der Waals surface area contributed by atoms with Gasteiger partial charge in [0, 0.05) is 6.42 Å². The summed E-state index contributed by atoms with van der Waals surface area (Å²) in [5, 5.41) is 12.7. The normalized spacial score (nSPS) is 12.6. The van der Waals surface area contributed by atoms with Crippen LogP contribution < -0.4 is 5.32 Å². The fourth-order valence-electron chi connectivity index (χ4n) is 5.21. The third kappa shape index (κ3) is 31.3. The molecular weight excluding hydrogens is 478 g/mol. The average Bonchev–Trinajstić information content (AvgIpc) is 2.94. The third-order valence-electron chi connectivity index (χ3n) is 7.87. The summed E-state index contributed by atoms with van der Waals surface area (Å²) in [4.78, 5) is 12.3. The first-order chi connectivity index (χ1) is 19.2. The Morgan fingerprint density at radius 3 is 1.41 bits per heavy atom. The van der Waals surface area contributed by atoms with E-state index in [1.807, 2.05) is 0 Å². The van der Waals surface area contributed by atoms with Crippen LogP contribution in [-0.2, 0) is 4.79 Å². The minimum absolute atomic E-state index is 0.0613. The van der Waals surface area contributed by atoms with Crippen LogP contribution >= 0.6 is 0 Å². The van der Waals surface area contributed by atoms with E-state index in [4.69, 9.17) is 0 Å². The number of hydrogen-bond donors (Lipinski definition) is 2. The third-order valence-corrected chi connectivity index (χ3v) is 7.87. The highest BCUT2D eigenvalue weighted by atomic mass is 16.3. The van der Waals surface area contributed by atoms with Crippen LogP contribution in [0.15, 0.2) is 24.3 Å². The van der Waals surface area contributed by atoms with Gasteiger partial charge in [-0.1, -0.05) is 167 Å². The van der Waals surface area contributed by atoms with Crippen molar-refractivity contribution in [1.82, 2.24) is 5.32 Å². The molecule has 0 aromatic carbocycles. The van der Waals surface area contributed by atoms with Crippen molar-refractivity contribution in [3.8, 4) is 0 Å². The van der Waals surface area contributed by atoms with Gasteiger partial charge in [-0.05, 0) is 38.5 Å². The molecule has 0 spiro atoms. The van der Waals surface area contributed by atoms with Gasteiger partial charge >= 0.3 is 0 Å². The van der Waals surface area contributed by atoms with Gasteiger partial charge in [-0.15, -0.1) is 0 Å². The van der Waals surface area contributed by atoms with Gasteiger partial charge in [0.2, 0.25) is 5.91 Å². The Bertz CT molecular complexity index is 542. The zero-order valence-electron chi connectivity index (χ0n) is 26.5. The minimum atomic E-state index is -0.0630. The van der Waals surface area contributed by atoms with Gasteiger partial charge in [0.05, 0.1) is 12.6 Å². The fraction of sp³-hybridized carbons (Fsp3) is 0.861. The lowest BCUT2D eigenvalue weighted by Gasteiger charge is -2.16. The summed E-state index contributed by atoms with van der Waals surface area (Å²) in [5.74, 6) is 0.115. The number of carbonyl (C=O) groups excluding carboxylic acids is 1. The predicted molar refractivity (Wildman–Crippen MR) is 173 cm³/mol. The van der Waals surface area contributed by atoms with Gasteiger partial charge in [-0.2, -0.15) is 0 Å². The van der Waals surface area contributed by atoms with Crippen molar-refractivity contribution in [2.45, 2.75) is 193 Å². The molecular formula is C36H69NO2. The number of amides is 1. The maximum absolute atomic E-state index is 12.3. The second kappa shape index (κ2) is 33.1. The summed E-state index contributed by atoms with van der Waals surface area (Å²) in [7, 11) is 0. The molecule has 0 radical (unpaired) electrons. The lowest BCUT2D eigenvalue weighted by Crippen LogP contribution is -2.37. The lowest BCUT2D eigenvalue weighted by molar-refractivity contribution is -0.122. The maximum atomic E-state index is 12.3. The number of nitrogens with one attached hydrogen (secondary N) is 1. The van der Waals surface area contributed by atoms with Crippen LogP contribution in [0.3, 0.4) is 0 Å². The molecule has 39 heavy (non-hydrogen) atoms. The predicted octanol–water partition coefficient (Wildman–Crippen LogP) is 11.1. The molecule has 0 aliphatic heterocycles. The Morgan fingerprint density at radius 1 is 0.564 bits per heavy atom. The summed E-state index contributed by atoms with van der Waals surface area (Å²) in [6.45, 7) is 4.60. The van der Waals surface area contributed by atoms with Crippen LogP contribution in [0.2, 0.25) is 0 Å². The Labute approximate surface area is 245 Å². The van der Waals surface area contributed by atoms with E-state index < -0.39 is 0 Å². The van der Waals surface area contributed by atoms with Crippen LogP contribution in [-0.4, -0.2) is 23.7 Å². The molecule has 0 aliphatic carbocycles. The van der Waals surface area contributed by atoms with Gasteiger partial charge in [0.25, 0.3) is 0 Å². The van der Waals surface area contributed by atoms with E-state index in [-0.39, 0.29) is 18.6 Å². The summed E-state index contributed by atoms with van der Waals surface area (Å²) in [5.41, 5.74) is 0. The summed E-state index contributed by atoms with van der Waals surface area (Å²) < 4.78 is 0. The molecule has 0 aromatic heterocycles. The molecule has 0 rings (SSSR count).